The number of nitrogens with zero attached hydrogens (tertiary/aromatic N) is 2. The Balaban J connectivity index is 1.75. The maximum atomic E-state index is 6.04. The first-order valence-electron chi connectivity index (χ1n) is 10.3. The molecule has 2 unspecified atom stereocenters. The number of aromatic nitrogens is 2. The molecule has 0 aliphatic heterocycles. The summed E-state index contributed by atoms with van der Waals surface area (Å²) in [5, 5.41) is 8.63. The molecular weight excluding hydrogens is 344 g/mol. The third kappa shape index (κ3) is 2.97. The van der Waals surface area contributed by atoms with E-state index in [-0.39, 0.29) is 10.8 Å². The van der Waals surface area contributed by atoms with E-state index in [1.165, 1.54) is 29.5 Å². The molecule has 0 N–H and O–H groups in total. The van der Waals surface area contributed by atoms with Crippen molar-refractivity contribution in [2.75, 3.05) is 0 Å². The zero-order chi connectivity index (χ0) is 20.1. The molecule has 0 fully saturated rings. The summed E-state index contributed by atoms with van der Waals surface area (Å²) in [6, 6.07) is 14.9. The number of rotatable bonds is 4. The molecule has 3 nitrogen and oxygen atoms in total. The average Bonchev–Trinajstić information content (AvgIpc) is 3.24. The number of aryl methyl sites for hydroxylation is 1. The molecule has 2 atom stereocenters. The van der Waals surface area contributed by atoms with E-state index in [4.69, 9.17) is 4.42 Å². The van der Waals surface area contributed by atoms with Gasteiger partial charge in [0, 0.05) is 11.1 Å². The Morgan fingerprint density at radius 3 is 2.18 bits per heavy atom. The quantitative estimate of drug-likeness (QED) is 0.510. The van der Waals surface area contributed by atoms with E-state index in [1.54, 1.807) is 0 Å². The molecule has 0 saturated heterocycles. The maximum absolute atomic E-state index is 6.04. The van der Waals surface area contributed by atoms with Gasteiger partial charge in [0.05, 0.1) is 0 Å². The highest BCUT2D eigenvalue weighted by Crippen LogP contribution is 2.54. The average molecular weight is 375 g/mol. The van der Waals surface area contributed by atoms with E-state index in [1.807, 2.05) is 12.1 Å². The number of benzene rings is 2. The Bertz CT molecular complexity index is 1000. The summed E-state index contributed by atoms with van der Waals surface area (Å²) in [5.41, 5.74) is 6.44. The smallest absolute Gasteiger partial charge is 0.248 e. The lowest BCUT2D eigenvalue weighted by atomic mass is 9.70. The van der Waals surface area contributed by atoms with E-state index >= 15 is 0 Å². The minimum atomic E-state index is 0.170. The van der Waals surface area contributed by atoms with Gasteiger partial charge < -0.3 is 4.42 Å². The van der Waals surface area contributed by atoms with Crippen LogP contribution in [0.4, 0.5) is 0 Å². The molecule has 0 bridgehead atoms. The Hall–Kier alpha value is -2.42. The van der Waals surface area contributed by atoms with E-state index < -0.39 is 0 Å². The van der Waals surface area contributed by atoms with Crippen molar-refractivity contribution in [2.45, 2.75) is 65.2 Å². The number of hydrogen-bond donors (Lipinski definition) is 0. The van der Waals surface area contributed by atoms with E-state index in [0.29, 0.717) is 17.7 Å². The number of hydrogen-bond acceptors (Lipinski definition) is 3. The van der Waals surface area contributed by atoms with Crippen LogP contribution in [-0.2, 0) is 10.8 Å². The van der Waals surface area contributed by atoms with Crippen molar-refractivity contribution in [1.82, 2.24) is 10.2 Å². The van der Waals surface area contributed by atoms with Crippen molar-refractivity contribution >= 4 is 0 Å². The monoisotopic (exact) mass is 374 g/mol. The molecule has 0 spiro atoms. The third-order valence-corrected chi connectivity index (χ3v) is 6.84. The van der Waals surface area contributed by atoms with Crippen LogP contribution < -0.4 is 0 Å². The highest BCUT2D eigenvalue weighted by Gasteiger charge is 2.47. The van der Waals surface area contributed by atoms with Crippen molar-refractivity contribution < 1.29 is 4.42 Å². The minimum absolute atomic E-state index is 0.170. The molecule has 28 heavy (non-hydrogen) atoms. The van der Waals surface area contributed by atoms with Gasteiger partial charge in [-0.3, -0.25) is 0 Å². The fraction of sp³-hybridized carbons (Fsp3) is 0.440. The van der Waals surface area contributed by atoms with Gasteiger partial charge in [0.25, 0.3) is 0 Å². The van der Waals surface area contributed by atoms with Crippen molar-refractivity contribution in [2.24, 2.45) is 5.92 Å². The Morgan fingerprint density at radius 2 is 1.54 bits per heavy atom. The van der Waals surface area contributed by atoms with Crippen LogP contribution in [0.15, 0.2) is 46.9 Å². The van der Waals surface area contributed by atoms with Gasteiger partial charge in [-0.15, -0.1) is 10.2 Å². The summed E-state index contributed by atoms with van der Waals surface area (Å²) in [7, 11) is 0. The van der Waals surface area contributed by atoms with Crippen molar-refractivity contribution in [3.63, 3.8) is 0 Å². The van der Waals surface area contributed by atoms with Crippen LogP contribution in [-0.4, -0.2) is 10.2 Å². The molecule has 1 heterocycles. The second-order valence-corrected chi connectivity index (χ2v) is 9.33. The van der Waals surface area contributed by atoms with Gasteiger partial charge in [-0.25, -0.2) is 0 Å². The molecule has 2 aromatic carbocycles. The standard InChI is InChI=1S/C25H30N2O/c1-7-17(3)25(6)15-24(4,5)20-13-12-19(14-21(20)25)23-27-26-22(28-23)18-10-8-16(2)9-11-18/h8-14,17H,7,15H2,1-6H3. The second-order valence-electron chi connectivity index (χ2n) is 9.33. The van der Waals surface area contributed by atoms with E-state index in [2.05, 4.69) is 82.1 Å². The van der Waals surface area contributed by atoms with Gasteiger partial charge in [0.1, 0.15) is 0 Å². The van der Waals surface area contributed by atoms with Crippen LogP contribution in [0, 0.1) is 12.8 Å². The first-order chi connectivity index (χ1) is 13.2. The van der Waals surface area contributed by atoms with Gasteiger partial charge in [-0.05, 0) is 65.5 Å². The molecule has 4 rings (SSSR count). The first-order valence-corrected chi connectivity index (χ1v) is 10.3. The summed E-state index contributed by atoms with van der Waals surface area (Å²) in [5.74, 6) is 1.78. The molecule has 146 valence electrons. The highest BCUT2D eigenvalue weighted by atomic mass is 16.4. The first kappa shape index (κ1) is 18.9. The normalized spacial score (nSPS) is 21.5. The summed E-state index contributed by atoms with van der Waals surface area (Å²) in [6.45, 7) is 13.9. The van der Waals surface area contributed by atoms with Gasteiger partial charge >= 0.3 is 0 Å². The van der Waals surface area contributed by atoms with Gasteiger partial charge in [-0.1, -0.05) is 64.8 Å². The second kappa shape index (κ2) is 6.58. The highest BCUT2D eigenvalue weighted by molar-refractivity contribution is 5.62. The van der Waals surface area contributed by atoms with Crippen LogP contribution >= 0.6 is 0 Å². The Morgan fingerprint density at radius 1 is 0.929 bits per heavy atom. The maximum Gasteiger partial charge on any atom is 0.248 e. The molecule has 1 aromatic heterocycles. The lowest BCUT2D eigenvalue weighted by molar-refractivity contribution is 0.266. The molecule has 3 aromatic rings. The van der Waals surface area contributed by atoms with Crippen LogP contribution in [0.25, 0.3) is 22.9 Å². The zero-order valence-electron chi connectivity index (χ0n) is 17.8. The molecule has 0 amide bonds. The van der Waals surface area contributed by atoms with Crippen molar-refractivity contribution in [1.29, 1.82) is 0 Å². The molecule has 1 aliphatic rings. The van der Waals surface area contributed by atoms with Crippen LogP contribution in [0.2, 0.25) is 0 Å². The van der Waals surface area contributed by atoms with E-state index in [0.717, 1.165) is 11.1 Å². The topological polar surface area (TPSA) is 38.9 Å². The summed E-state index contributed by atoms with van der Waals surface area (Å²) in [6.07, 6.45) is 2.35. The lowest BCUT2D eigenvalue weighted by Gasteiger charge is -2.33. The Labute approximate surface area is 168 Å². The van der Waals surface area contributed by atoms with Crippen LogP contribution in [0.3, 0.4) is 0 Å². The van der Waals surface area contributed by atoms with Crippen LogP contribution in [0.1, 0.15) is 64.2 Å². The van der Waals surface area contributed by atoms with E-state index in [9.17, 15) is 0 Å². The molecule has 1 aliphatic carbocycles. The summed E-state index contributed by atoms with van der Waals surface area (Å²) >= 11 is 0. The summed E-state index contributed by atoms with van der Waals surface area (Å²) < 4.78 is 6.04. The SMILES string of the molecule is CCC(C)C1(C)CC(C)(C)c2ccc(-c3nnc(-c4ccc(C)cc4)o3)cc21. The molecule has 0 radical (unpaired) electrons. The van der Waals surface area contributed by atoms with Gasteiger partial charge in [0.2, 0.25) is 11.8 Å². The van der Waals surface area contributed by atoms with Crippen LogP contribution in [0.5, 0.6) is 0 Å². The predicted molar refractivity (Wildman–Crippen MR) is 114 cm³/mol. The fourth-order valence-electron chi connectivity index (χ4n) is 4.89. The lowest BCUT2D eigenvalue weighted by Crippen LogP contribution is -2.29. The minimum Gasteiger partial charge on any atom is -0.416 e. The third-order valence-electron chi connectivity index (χ3n) is 6.84. The zero-order valence-corrected chi connectivity index (χ0v) is 17.8. The largest absolute Gasteiger partial charge is 0.416 e. The van der Waals surface area contributed by atoms with Crippen molar-refractivity contribution in [3.05, 3.63) is 59.2 Å². The van der Waals surface area contributed by atoms with Crippen molar-refractivity contribution in [3.8, 4) is 22.9 Å². The van der Waals surface area contributed by atoms with Gasteiger partial charge in [0.15, 0.2) is 0 Å². The number of fused-ring (bicyclic) bond motifs is 1. The fourth-order valence-corrected chi connectivity index (χ4v) is 4.89. The molecule has 3 heteroatoms. The molecular formula is C25H30N2O. The summed E-state index contributed by atoms with van der Waals surface area (Å²) in [4.78, 5) is 0. The Kier molecular flexibility index (Phi) is 4.45. The predicted octanol–water partition coefficient (Wildman–Crippen LogP) is 6.70. The molecule has 0 saturated carbocycles. The van der Waals surface area contributed by atoms with Gasteiger partial charge in [-0.2, -0.15) is 0 Å².